The van der Waals surface area contributed by atoms with Crippen molar-refractivity contribution >= 4 is 11.6 Å². The fourth-order valence-electron chi connectivity index (χ4n) is 1.20. The number of hydrogen-bond acceptors (Lipinski definition) is 4. The molecule has 1 heterocycles. The van der Waals surface area contributed by atoms with Gasteiger partial charge < -0.3 is 16.6 Å². The van der Waals surface area contributed by atoms with E-state index in [9.17, 15) is 18.0 Å². The largest absolute Gasteiger partial charge is 0.437 e. The van der Waals surface area contributed by atoms with Gasteiger partial charge in [-0.25, -0.2) is 0 Å². The van der Waals surface area contributed by atoms with Crippen LogP contribution in [0, 0.1) is 0 Å². The van der Waals surface area contributed by atoms with Gasteiger partial charge in [-0.3, -0.25) is 9.48 Å². The lowest BCUT2D eigenvalue weighted by atomic mass is 10.2. The van der Waals surface area contributed by atoms with E-state index in [4.69, 9.17) is 16.6 Å². The lowest BCUT2D eigenvalue weighted by Gasteiger charge is -2.01. The first-order chi connectivity index (χ1) is 7.29. The predicted molar refractivity (Wildman–Crippen MR) is 47.2 cm³/mol. The quantitative estimate of drug-likeness (QED) is 0.664. The number of aromatic nitrogens is 2. The molecule has 0 bridgehead atoms. The van der Waals surface area contributed by atoms with Gasteiger partial charge in [-0.2, -0.15) is 18.3 Å². The van der Waals surface area contributed by atoms with E-state index in [2.05, 4.69) is 5.10 Å². The number of carbonyl (C=O) groups excluding carboxylic acids is 1. The zero-order chi connectivity index (χ0) is 12.5. The Morgan fingerprint density at radius 2 is 2.06 bits per heavy atom. The predicted octanol–water partition coefficient (Wildman–Crippen LogP) is -0.425. The van der Waals surface area contributed by atoms with Gasteiger partial charge in [0.15, 0.2) is 5.69 Å². The van der Waals surface area contributed by atoms with Crippen molar-refractivity contribution in [2.45, 2.75) is 12.7 Å². The van der Waals surface area contributed by atoms with E-state index in [-0.39, 0.29) is 6.54 Å². The summed E-state index contributed by atoms with van der Waals surface area (Å²) in [7, 11) is 0. The average molecular weight is 238 g/mol. The van der Waals surface area contributed by atoms with Crippen LogP contribution in [0.25, 0.3) is 0 Å². The third-order valence-corrected chi connectivity index (χ3v) is 1.80. The molecule has 0 aliphatic heterocycles. The normalized spacial score (nSPS) is 11.8. The number of aliphatic hydroxyl groups is 1. The second-order valence-corrected chi connectivity index (χ2v) is 2.92. The Morgan fingerprint density at radius 1 is 1.50 bits per heavy atom. The summed E-state index contributed by atoms with van der Waals surface area (Å²) < 4.78 is 37.8. The van der Waals surface area contributed by atoms with Gasteiger partial charge in [-0.15, -0.1) is 0 Å². The topological polar surface area (TPSA) is 107 Å². The van der Waals surface area contributed by atoms with Gasteiger partial charge in [0.1, 0.15) is 5.69 Å². The average Bonchev–Trinajstić information content (AvgIpc) is 2.42. The summed E-state index contributed by atoms with van der Waals surface area (Å²) in [5.74, 6) is -1.13. The molecular formula is C7H9F3N4O2. The number of anilines is 1. The zero-order valence-electron chi connectivity index (χ0n) is 7.95. The SMILES string of the molecule is NC(=O)c1c(N)c(C(F)(F)F)nn1CCO. The third-order valence-electron chi connectivity index (χ3n) is 1.80. The molecule has 90 valence electrons. The van der Waals surface area contributed by atoms with Crippen molar-refractivity contribution in [1.82, 2.24) is 9.78 Å². The molecule has 5 N–H and O–H groups in total. The molecule has 1 rings (SSSR count). The Balaban J connectivity index is 3.36. The molecule has 0 aromatic carbocycles. The standard InChI is InChI=1S/C7H9F3N4O2/c8-7(9,10)5-3(11)4(6(12)16)14(13-5)1-2-15/h15H,1-2,11H2,(H2,12,16). The molecule has 1 aromatic heterocycles. The molecule has 0 saturated heterocycles. The van der Waals surface area contributed by atoms with Gasteiger partial charge in [0.05, 0.1) is 18.8 Å². The summed E-state index contributed by atoms with van der Waals surface area (Å²) in [6.45, 7) is -0.781. The van der Waals surface area contributed by atoms with Gasteiger partial charge in [0, 0.05) is 0 Å². The number of primary amides is 1. The Kier molecular flexibility index (Phi) is 3.08. The first kappa shape index (κ1) is 12.3. The summed E-state index contributed by atoms with van der Waals surface area (Å²) in [5.41, 5.74) is 7.25. The fraction of sp³-hybridized carbons (Fsp3) is 0.429. The van der Waals surface area contributed by atoms with Crippen molar-refractivity contribution in [2.75, 3.05) is 12.3 Å². The number of nitrogen functional groups attached to an aromatic ring is 1. The summed E-state index contributed by atoms with van der Waals surface area (Å²) in [6.07, 6.45) is -4.77. The van der Waals surface area contributed by atoms with Crippen LogP contribution in [0.4, 0.5) is 18.9 Å². The lowest BCUT2D eigenvalue weighted by Crippen LogP contribution is -2.20. The second-order valence-electron chi connectivity index (χ2n) is 2.92. The minimum atomic E-state index is -4.77. The van der Waals surface area contributed by atoms with Crippen LogP contribution in [0.15, 0.2) is 0 Å². The molecule has 0 unspecified atom stereocenters. The van der Waals surface area contributed by atoms with Crippen LogP contribution in [0.3, 0.4) is 0 Å². The smallest absolute Gasteiger partial charge is 0.395 e. The van der Waals surface area contributed by atoms with Crippen LogP contribution < -0.4 is 11.5 Å². The van der Waals surface area contributed by atoms with Crippen LogP contribution in [-0.2, 0) is 12.7 Å². The highest BCUT2D eigenvalue weighted by Gasteiger charge is 2.39. The number of alkyl halides is 3. The number of nitrogens with zero attached hydrogens (tertiary/aromatic N) is 2. The summed E-state index contributed by atoms with van der Waals surface area (Å²) in [4.78, 5) is 10.9. The first-order valence-corrected chi connectivity index (χ1v) is 4.13. The molecule has 0 aliphatic carbocycles. The number of carbonyl (C=O) groups is 1. The highest BCUT2D eigenvalue weighted by molar-refractivity contribution is 5.96. The van der Waals surface area contributed by atoms with Gasteiger partial charge in [0.25, 0.3) is 5.91 Å². The number of nitrogens with two attached hydrogens (primary N) is 2. The van der Waals surface area contributed by atoms with Crippen molar-refractivity contribution in [3.63, 3.8) is 0 Å². The summed E-state index contributed by atoms with van der Waals surface area (Å²) >= 11 is 0. The second kappa shape index (κ2) is 4.00. The third kappa shape index (κ3) is 2.08. The van der Waals surface area contributed by atoms with Crippen molar-refractivity contribution < 1.29 is 23.1 Å². The molecule has 0 saturated carbocycles. The maximum Gasteiger partial charge on any atom is 0.437 e. The molecule has 9 heteroatoms. The highest BCUT2D eigenvalue weighted by atomic mass is 19.4. The van der Waals surface area contributed by atoms with Crippen LogP contribution >= 0.6 is 0 Å². The number of halogens is 3. The first-order valence-electron chi connectivity index (χ1n) is 4.13. The summed E-state index contributed by atoms with van der Waals surface area (Å²) in [5, 5.41) is 11.7. The molecular weight excluding hydrogens is 229 g/mol. The molecule has 1 aromatic rings. The van der Waals surface area contributed by atoms with Crippen molar-refractivity contribution in [3.05, 3.63) is 11.4 Å². The molecule has 0 radical (unpaired) electrons. The van der Waals surface area contributed by atoms with Crippen LogP contribution in [0.2, 0.25) is 0 Å². The number of amides is 1. The lowest BCUT2D eigenvalue weighted by molar-refractivity contribution is -0.140. The van der Waals surface area contributed by atoms with E-state index >= 15 is 0 Å². The maximum absolute atomic E-state index is 12.4. The van der Waals surface area contributed by atoms with E-state index in [0.29, 0.717) is 4.68 Å². The Hall–Kier alpha value is -1.77. The van der Waals surface area contributed by atoms with Crippen LogP contribution in [0.1, 0.15) is 16.2 Å². The van der Waals surface area contributed by atoms with Crippen molar-refractivity contribution in [2.24, 2.45) is 5.73 Å². The Morgan fingerprint density at radius 3 is 2.44 bits per heavy atom. The monoisotopic (exact) mass is 238 g/mol. The van der Waals surface area contributed by atoms with Gasteiger partial charge in [-0.05, 0) is 0 Å². The van der Waals surface area contributed by atoms with Crippen molar-refractivity contribution in [1.29, 1.82) is 0 Å². The maximum atomic E-state index is 12.4. The van der Waals surface area contributed by atoms with E-state index < -0.39 is 35.8 Å². The fourth-order valence-corrected chi connectivity index (χ4v) is 1.20. The van der Waals surface area contributed by atoms with E-state index in [0.717, 1.165) is 0 Å². The van der Waals surface area contributed by atoms with E-state index in [1.807, 2.05) is 0 Å². The Bertz CT molecular complexity index is 412. The molecule has 0 atom stereocenters. The Labute approximate surface area is 87.6 Å². The van der Waals surface area contributed by atoms with Crippen LogP contribution in [-0.4, -0.2) is 27.4 Å². The highest BCUT2D eigenvalue weighted by Crippen LogP contribution is 2.33. The van der Waals surface area contributed by atoms with E-state index in [1.54, 1.807) is 0 Å². The van der Waals surface area contributed by atoms with Gasteiger partial charge >= 0.3 is 6.18 Å². The molecule has 0 fully saturated rings. The minimum Gasteiger partial charge on any atom is -0.395 e. The van der Waals surface area contributed by atoms with E-state index in [1.165, 1.54) is 0 Å². The summed E-state index contributed by atoms with van der Waals surface area (Å²) in [6, 6.07) is 0. The van der Waals surface area contributed by atoms with Gasteiger partial charge in [-0.1, -0.05) is 0 Å². The van der Waals surface area contributed by atoms with Crippen molar-refractivity contribution in [3.8, 4) is 0 Å². The van der Waals surface area contributed by atoms with Gasteiger partial charge in [0.2, 0.25) is 0 Å². The molecule has 0 spiro atoms. The number of rotatable bonds is 3. The zero-order valence-corrected chi connectivity index (χ0v) is 7.95. The molecule has 0 aliphatic rings. The molecule has 6 nitrogen and oxygen atoms in total. The molecule has 1 amide bonds. The number of aliphatic hydroxyl groups excluding tert-OH is 1. The minimum absolute atomic E-state index is 0.293. The molecule has 16 heavy (non-hydrogen) atoms. The van der Waals surface area contributed by atoms with Crippen LogP contribution in [0.5, 0.6) is 0 Å². The number of hydrogen-bond donors (Lipinski definition) is 3.